The molecule has 0 saturated carbocycles. The van der Waals surface area contributed by atoms with Gasteiger partial charge in [-0.2, -0.15) is 0 Å². The van der Waals surface area contributed by atoms with Crippen LogP contribution in [0.4, 0.5) is 0 Å². The number of aliphatic imine (C=N–C) groups is 1. The molecule has 5 nitrogen and oxygen atoms in total. The van der Waals surface area contributed by atoms with Crippen molar-refractivity contribution in [2.24, 2.45) is 10.9 Å². The molecule has 130 valence electrons. The third-order valence-corrected chi connectivity index (χ3v) is 4.14. The van der Waals surface area contributed by atoms with E-state index in [4.69, 9.17) is 4.74 Å². The van der Waals surface area contributed by atoms with Gasteiger partial charge in [0, 0.05) is 39.7 Å². The first-order valence-corrected chi connectivity index (χ1v) is 8.93. The lowest BCUT2D eigenvalue weighted by Gasteiger charge is -2.25. The van der Waals surface area contributed by atoms with E-state index in [9.17, 15) is 0 Å². The SMILES string of the molecule is CCCN(CCC)CCCNC(=NC)N(C)CC1CCOC1. The summed E-state index contributed by atoms with van der Waals surface area (Å²) in [4.78, 5) is 9.19. The lowest BCUT2D eigenvalue weighted by atomic mass is 10.1. The molecule has 1 unspecified atom stereocenters. The highest BCUT2D eigenvalue weighted by Gasteiger charge is 2.18. The van der Waals surface area contributed by atoms with Crippen molar-refractivity contribution in [1.29, 1.82) is 0 Å². The summed E-state index contributed by atoms with van der Waals surface area (Å²) >= 11 is 0. The van der Waals surface area contributed by atoms with Gasteiger partial charge in [0.25, 0.3) is 0 Å². The summed E-state index contributed by atoms with van der Waals surface area (Å²) in [6.07, 6.45) is 4.81. The van der Waals surface area contributed by atoms with Crippen LogP contribution in [0.5, 0.6) is 0 Å². The number of hydrogen-bond acceptors (Lipinski definition) is 3. The molecule has 1 atom stereocenters. The minimum atomic E-state index is 0.646. The van der Waals surface area contributed by atoms with Crippen molar-refractivity contribution in [2.45, 2.75) is 39.5 Å². The Labute approximate surface area is 137 Å². The average molecular weight is 313 g/mol. The fourth-order valence-corrected chi connectivity index (χ4v) is 3.06. The van der Waals surface area contributed by atoms with Crippen molar-refractivity contribution in [3.8, 4) is 0 Å². The second kappa shape index (κ2) is 11.7. The van der Waals surface area contributed by atoms with Crippen LogP contribution in [0.3, 0.4) is 0 Å². The maximum absolute atomic E-state index is 5.45. The zero-order valence-electron chi connectivity index (χ0n) is 15.1. The van der Waals surface area contributed by atoms with Gasteiger partial charge in [0.05, 0.1) is 6.61 Å². The van der Waals surface area contributed by atoms with Crippen LogP contribution in [0.1, 0.15) is 39.5 Å². The monoisotopic (exact) mass is 312 g/mol. The van der Waals surface area contributed by atoms with E-state index in [-0.39, 0.29) is 0 Å². The van der Waals surface area contributed by atoms with E-state index in [0.717, 1.165) is 32.3 Å². The zero-order chi connectivity index (χ0) is 16.2. The van der Waals surface area contributed by atoms with Crippen molar-refractivity contribution in [3.05, 3.63) is 0 Å². The molecule has 0 aromatic carbocycles. The molecule has 1 N–H and O–H groups in total. The average Bonchev–Trinajstić information content (AvgIpc) is 3.00. The lowest BCUT2D eigenvalue weighted by Crippen LogP contribution is -2.42. The van der Waals surface area contributed by atoms with Gasteiger partial charge in [-0.15, -0.1) is 0 Å². The first-order valence-electron chi connectivity index (χ1n) is 8.93. The quantitative estimate of drug-likeness (QED) is 0.381. The van der Waals surface area contributed by atoms with Gasteiger partial charge < -0.3 is 19.9 Å². The van der Waals surface area contributed by atoms with Gasteiger partial charge in [0.2, 0.25) is 0 Å². The summed E-state index contributed by atoms with van der Waals surface area (Å²) in [5.74, 6) is 1.65. The third kappa shape index (κ3) is 7.45. The Bertz CT molecular complexity index is 297. The molecule has 5 heteroatoms. The molecule has 1 aliphatic heterocycles. The van der Waals surface area contributed by atoms with E-state index in [2.05, 4.69) is 41.0 Å². The Morgan fingerprint density at radius 1 is 1.23 bits per heavy atom. The van der Waals surface area contributed by atoms with Crippen LogP contribution in [0, 0.1) is 5.92 Å². The first kappa shape index (κ1) is 19.2. The summed E-state index contributed by atoms with van der Waals surface area (Å²) in [5.41, 5.74) is 0. The molecular weight excluding hydrogens is 276 g/mol. The fraction of sp³-hybridized carbons (Fsp3) is 0.941. The van der Waals surface area contributed by atoms with Crippen molar-refractivity contribution in [3.63, 3.8) is 0 Å². The van der Waals surface area contributed by atoms with E-state index in [1.807, 2.05) is 7.05 Å². The summed E-state index contributed by atoms with van der Waals surface area (Å²) in [5, 5.41) is 3.49. The largest absolute Gasteiger partial charge is 0.381 e. The predicted molar refractivity (Wildman–Crippen MR) is 94.6 cm³/mol. The minimum Gasteiger partial charge on any atom is -0.381 e. The molecular formula is C17H36N4O. The maximum atomic E-state index is 5.45. The summed E-state index contributed by atoms with van der Waals surface area (Å²) in [6.45, 7) is 11.9. The van der Waals surface area contributed by atoms with Crippen molar-refractivity contribution >= 4 is 5.96 Å². The van der Waals surface area contributed by atoms with Crippen LogP contribution in [-0.2, 0) is 4.74 Å². The van der Waals surface area contributed by atoms with Gasteiger partial charge in [0.15, 0.2) is 5.96 Å². The second-order valence-electron chi connectivity index (χ2n) is 6.28. The molecule has 1 saturated heterocycles. The van der Waals surface area contributed by atoms with Crippen molar-refractivity contribution in [2.75, 3.05) is 60.0 Å². The van der Waals surface area contributed by atoms with Gasteiger partial charge in [-0.05, 0) is 45.3 Å². The van der Waals surface area contributed by atoms with E-state index in [1.54, 1.807) is 0 Å². The van der Waals surface area contributed by atoms with Gasteiger partial charge in [-0.3, -0.25) is 4.99 Å². The number of ether oxygens (including phenoxy) is 1. The normalized spacial score (nSPS) is 19.0. The van der Waals surface area contributed by atoms with Crippen LogP contribution in [-0.4, -0.2) is 75.8 Å². The molecule has 1 heterocycles. The van der Waals surface area contributed by atoms with Crippen molar-refractivity contribution < 1.29 is 4.74 Å². The standard InChI is InChI=1S/C17H36N4O/c1-5-10-21(11-6-2)12-7-9-19-17(18-3)20(4)14-16-8-13-22-15-16/h16H,5-15H2,1-4H3,(H,18,19). The number of nitrogens with zero attached hydrogens (tertiary/aromatic N) is 3. The topological polar surface area (TPSA) is 40.1 Å². The molecule has 22 heavy (non-hydrogen) atoms. The van der Waals surface area contributed by atoms with Crippen LogP contribution in [0.25, 0.3) is 0 Å². The van der Waals surface area contributed by atoms with E-state index in [1.165, 1.54) is 45.3 Å². The van der Waals surface area contributed by atoms with Crippen LogP contribution in [0.15, 0.2) is 4.99 Å². The molecule has 0 aromatic rings. The predicted octanol–water partition coefficient (Wildman–Crippen LogP) is 2.04. The summed E-state index contributed by atoms with van der Waals surface area (Å²) in [6, 6.07) is 0. The first-order chi connectivity index (χ1) is 10.7. The Morgan fingerprint density at radius 3 is 2.50 bits per heavy atom. The van der Waals surface area contributed by atoms with Crippen LogP contribution in [0.2, 0.25) is 0 Å². The Kier molecular flexibility index (Phi) is 10.2. The second-order valence-corrected chi connectivity index (χ2v) is 6.28. The molecule has 1 rings (SSSR count). The summed E-state index contributed by atoms with van der Waals surface area (Å²) in [7, 11) is 3.98. The molecule has 0 amide bonds. The van der Waals surface area contributed by atoms with Gasteiger partial charge >= 0.3 is 0 Å². The smallest absolute Gasteiger partial charge is 0.193 e. The number of nitrogens with one attached hydrogen (secondary N) is 1. The molecule has 0 spiro atoms. The number of hydrogen-bond donors (Lipinski definition) is 1. The number of rotatable bonds is 10. The molecule has 1 fully saturated rings. The Balaban J connectivity index is 2.22. The highest BCUT2D eigenvalue weighted by molar-refractivity contribution is 5.79. The molecule has 0 radical (unpaired) electrons. The van der Waals surface area contributed by atoms with Gasteiger partial charge in [-0.25, -0.2) is 0 Å². The maximum Gasteiger partial charge on any atom is 0.193 e. The fourth-order valence-electron chi connectivity index (χ4n) is 3.06. The molecule has 0 aromatic heterocycles. The lowest BCUT2D eigenvalue weighted by molar-refractivity contribution is 0.181. The van der Waals surface area contributed by atoms with Gasteiger partial charge in [-0.1, -0.05) is 13.8 Å². The highest BCUT2D eigenvalue weighted by Crippen LogP contribution is 2.13. The van der Waals surface area contributed by atoms with Crippen LogP contribution < -0.4 is 5.32 Å². The molecule has 0 bridgehead atoms. The molecule has 0 aliphatic carbocycles. The van der Waals surface area contributed by atoms with Crippen LogP contribution >= 0.6 is 0 Å². The van der Waals surface area contributed by atoms with E-state index >= 15 is 0 Å². The zero-order valence-corrected chi connectivity index (χ0v) is 15.1. The molecule has 1 aliphatic rings. The third-order valence-electron chi connectivity index (χ3n) is 4.14. The van der Waals surface area contributed by atoms with E-state index < -0.39 is 0 Å². The Morgan fingerprint density at radius 2 is 1.95 bits per heavy atom. The van der Waals surface area contributed by atoms with Gasteiger partial charge in [0.1, 0.15) is 0 Å². The summed E-state index contributed by atoms with van der Waals surface area (Å²) < 4.78 is 5.45. The van der Waals surface area contributed by atoms with Crippen molar-refractivity contribution in [1.82, 2.24) is 15.1 Å². The minimum absolute atomic E-state index is 0.646. The Hall–Kier alpha value is -0.810. The number of guanidine groups is 1. The van der Waals surface area contributed by atoms with E-state index in [0.29, 0.717) is 5.92 Å². The highest BCUT2D eigenvalue weighted by atomic mass is 16.5.